The van der Waals surface area contributed by atoms with Crippen molar-refractivity contribution in [3.8, 4) is 0 Å². The SMILES string of the molecule is CCN(CC1CC1)c1cccc(N)n1. The molecular formula is C11H17N3. The van der Waals surface area contributed by atoms with E-state index in [1.54, 1.807) is 0 Å². The Balaban J connectivity index is 2.08. The third kappa shape index (κ3) is 2.16. The number of nitrogen functional groups attached to an aromatic ring is 1. The minimum Gasteiger partial charge on any atom is -0.384 e. The Morgan fingerprint density at radius 3 is 2.86 bits per heavy atom. The number of aromatic nitrogens is 1. The van der Waals surface area contributed by atoms with Crippen molar-refractivity contribution in [3.05, 3.63) is 18.2 Å². The molecule has 2 N–H and O–H groups in total. The summed E-state index contributed by atoms with van der Waals surface area (Å²) in [4.78, 5) is 6.63. The largest absolute Gasteiger partial charge is 0.384 e. The van der Waals surface area contributed by atoms with Crippen molar-refractivity contribution in [3.63, 3.8) is 0 Å². The molecule has 76 valence electrons. The first-order valence-corrected chi connectivity index (χ1v) is 5.27. The molecule has 1 aliphatic rings. The second kappa shape index (κ2) is 3.86. The van der Waals surface area contributed by atoms with Crippen molar-refractivity contribution in [2.24, 2.45) is 5.92 Å². The molecule has 0 aliphatic heterocycles. The highest BCUT2D eigenvalue weighted by molar-refractivity contribution is 5.44. The molecule has 1 fully saturated rings. The van der Waals surface area contributed by atoms with Crippen LogP contribution in [0.2, 0.25) is 0 Å². The molecule has 1 aliphatic carbocycles. The first kappa shape index (κ1) is 9.31. The standard InChI is InChI=1S/C11H17N3/c1-2-14(8-9-6-7-9)11-5-3-4-10(12)13-11/h3-5,9H,2,6-8H2,1H3,(H2,12,13). The molecule has 3 nitrogen and oxygen atoms in total. The summed E-state index contributed by atoms with van der Waals surface area (Å²) in [5.41, 5.74) is 5.66. The Kier molecular flexibility index (Phi) is 2.57. The summed E-state index contributed by atoms with van der Waals surface area (Å²) in [6.45, 7) is 4.30. The minimum atomic E-state index is 0.608. The van der Waals surface area contributed by atoms with E-state index in [-0.39, 0.29) is 0 Å². The predicted molar refractivity (Wildman–Crippen MR) is 59.3 cm³/mol. The van der Waals surface area contributed by atoms with Gasteiger partial charge in [-0.3, -0.25) is 0 Å². The van der Waals surface area contributed by atoms with Gasteiger partial charge in [0.1, 0.15) is 11.6 Å². The van der Waals surface area contributed by atoms with Gasteiger partial charge in [0.2, 0.25) is 0 Å². The van der Waals surface area contributed by atoms with Gasteiger partial charge in [-0.1, -0.05) is 6.07 Å². The van der Waals surface area contributed by atoms with Crippen molar-refractivity contribution in [1.82, 2.24) is 4.98 Å². The van der Waals surface area contributed by atoms with Gasteiger partial charge in [0.25, 0.3) is 0 Å². The molecular weight excluding hydrogens is 174 g/mol. The lowest BCUT2D eigenvalue weighted by Crippen LogP contribution is -2.26. The van der Waals surface area contributed by atoms with Crippen LogP contribution in [0.25, 0.3) is 0 Å². The fourth-order valence-corrected chi connectivity index (χ4v) is 1.61. The summed E-state index contributed by atoms with van der Waals surface area (Å²) in [6, 6.07) is 5.82. The van der Waals surface area contributed by atoms with E-state index in [1.165, 1.54) is 12.8 Å². The second-order valence-electron chi connectivity index (χ2n) is 3.90. The lowest BCUT2D eigenvalue weighted by Gasteiger charge is -2.21. The molecule has 1 aromatic rings. The highest BCUT2D eigenvalue weighted by Gasteiger charge is 2.24. The van der Waals surface area contributed by atoms with E-state index < -0.39 is 0 Å². The van der Waals surface area contributed by atoms with Crippen LogP contribution >= 0.6 is 0 Å². The van der Waals surface area contributed by atoms with Gasteiger partial charge in [-0.15, -0.1) is 0 Å². The first-order chi connectivity index (χ1) is 6.79. The van der Waals surface area contributed by atoms with E-state index >= 15 is 0 Å². The van der Waals surface area contributed by atoms with Gasteiger partial charge in [-0.05, 0) is 37.8 Å². The lowest BCUT2D eigenvalue weighted by molar-refractivity contribution is 0.732. The highest BCUT2D eigenvalue weighted by Crippen LogP contribution is 2.30. The van der Waals surface area contributed by atoms with E-state index in [4.69, 9.17) is 5.73 Å². The number of anilines is 2. The molecule has 1 saturated carbocycles. The zero-order valence-electron chi connectivity index (χ0n) is 8.61. The summed E-state index contributed by atoms with van der Waals surface area (Å²) in [6.07, 6.45) is 2.75. The maximum Gasteiger partial charge on any atom is 0.130 e. The van der Waals surface area contributed by atoms with Crippen LogP contribution in [0.4, 0.5) is 11.6 Å². The van der Waals surface area contributed by atoms with E-state index in [1.807, 2.05) is 18.2 Å². The molecule has 0 atom stereocenters. The third-order valence-electron chi connectivity index (χ3n) is 2.64. The molecule has 0 aromatic carbocycles. The highest BCUT2D eigenvalue weighted by atomic mass is 15.2. The maximum absolute atomic E-state index is 5.66. The summed E-state index contributed by atoms with van der Waals surface area (Å²) >= 11 is 0. The van der Waals surface area contributed by atoms with Gasteiger partial charge in [0.15, 0.2) is 0 Å². The molecule has 0 amide bonds. The van der Waals surface area contributed by atoms with E-state index in [2.05, 4.69) is 16.8 Å². The van der Waals surface area contributed by atoms with Gasteiger partial charge in [0.05, 0.1) is 0 Å². The number of nitrogens with zero attached hydrogens (tertiary/aromatic N) is 2. The topological polar surface area (TPSA) is 42.1 Å². The van der Waals surface area contributed by atoms with Crippen LogP contribution in [0.1, 0.15) is 19.8 Å². The predicted octanol–water partition coefficient (Wildman–Crippen LogP) is 1.90. The van der Waals surface area contributed by atoms with E-state index in [9.17, 15) is 0 Å². The van der Waals surface area contributed by atoms with Crippen LogP contribution in [0, 0.1) is 5.92 Å². The summed E-state index contributed by atoms with van der Waals surface area (Å²) < 4.78 is 0. The third-order valence-corrected chi connectivity index (χ3v) is 2.64. The number of nitrogens with two attached hydrogens (primary N) is 1. The molecule has 1 aromatic heterocycles. The van der Waals surface area contributed by atoms with Crippen LogP contribution in [-0.4, -0.2) is 18.1 Å². The molecule has 14 heavy (non-hydrogen) atoms. The molecule has 0 saturated heterocycles. The van der Waals surface area contributed by atoms with Crippen LogP contribution in [0.15, 0.2) is 18.2 Å². The first-order valence-electron chi connectivity index (χ1n) is 5.27. The normalized spacial score (nSPS) is 15.5. The molecule has 0 unspecified atom stereocenters. The van der Waals surface area contributed by atoms with Crippen molar-refractivity contribution in [2.75, 3.05) is 23.7 Å². The molecule has 0 radical (unpaired) electrons. The molecule has 0 spiro atoms. The van der Waals surface area contributed by atoms with Crippen LogP contribution in [0.3, 0.4) is 0 Å². The molecule has 0 bridgehead atoms. The summed E-state index contributed by atoms with van der Waals surface area (Å²) in [5.74, 6) is 2.51. The summed E-state index contributed by atoms with van der Waals surface area (Å²) in [7, 11) is 0. The Morgan fingerprint density at radius 1 is 1.50 bits per heavy atom. The smallest absolute Gasteiger partial charge is 0.130 e. The number of rotatable bonds is 4. The van der Waals surface area contributed by atoms with Gasteiger partial charge in [-0.2, -0.15) is 0 Å². The lowest BCUT2D eigenvalue weighted by atomic mass is 10.3. The van der Waals surface area contributed by atoms with Gasteiger partial charge >= 0.3 is 0 Å². The zero-order valence-corrected chi connectivity index (χ0v) is 8.61. The van der Waals surface area contributed by atoms with Crippen LogP contribution in [-0.2, 0) is 0 Å². The van der Waals surface area contributed by atoms with Gasteiger partial charge < -0.3 is 10.6 Å². The number of pyridine rings is 1. The van der Waals surface area contributed by atoms with Crippen molar-refractivity contribution >= 4 is 11.6 Å². The monoisotopic (exact) mass is 191 g/mol. The van der Waals surface area contributed by atoms with Gasteiger partial charge in [-0.25, -0.2) is 4.98 Å². The Hall–Kier alpha value is -1.25. The van der Waals surface area contributed by atoms with E-state index in [0.29, 0.717) is 5.82 Å². The van der Waals surface area contributed by atoms with Crippen molar-refractivity contribution in [2.45, 2.75) is 19.8 Å². The average molecular weight is 191 g/mol. The molecule has 1 heterocycles. The second-order valence-corrected chi connectivity index (χ2v) is 3.90. The fourth-order valence-electron chi connectivity index (χ4n) is 1.61. The van der Waals surface area contributed by atoms with Crippen LogP contribution in [0.5, 0.6) is 0 Å². The minimum absolute atomic E-state index is 0.608. The molecule has 3 heteroatoms. The van der Waals surface area contributed by atoms with Crippen molar-refractivity contribution < 1.29 is 0 Å². The van der Waals surface area contributed by atoms with Crippen LogP contribution < -0.4 is 10.6 Å². The summed E-state index contributed by atoms with van der Waals surface area (Å²) in [5, 5.41) is 0. The Labute approximate surface area is 84.9 Å². The number of hydrogen-bond donors (Lipinski definition) is 1. The van der Waals surface area contributed by atoms with Crippen molar-refractivity contribution in [1.29, 1.82) is 0 Å². The Morgan fingerprint density at radius 2 is 2.29 bits per heavy atom. The Bertz CT molecular complexity index is 307. The zero-order chi connectivity index (χ0) is 9.97. The fraction of sp³-hybridized carbons (Fsp3) is 0.545. The number of hydrogen-bond acceptors (Lipinski definition) is 3. The average Bonchev–Trinajstić information content (AvgIpc) is 2.98. The maximum atomic E-state index is 5.66. The van der Waals surface area contributed by atoms with E-state index in [0.717, 1.165) is 24.8 Å². The quantitative estimate of drug-likeness (QED) is 0.790. The van der Waals surface area contributed by atoms with Gasteiger partial charge in [0, 0.05) is 13.1 Å². The molecule has 2 rings (SSSR count).